The van der Waals surface area contributed by atoms with Gasteiger partial charge in [-0.3, -0.25) is 9.69 Å². The van der Waals surface area contributed by atoms with Crippen molar-refractivity contribution in [3.05, 3.63) is 64.4 Å². The number of β-amino-alcohol motifs (C(OH)–C–C–N with tert-alkyl or cyclic N) is 1. The lowest BCUT2D eigenvalue weighted by atomic mass is 9.92. The molecule has 1 heterocycles. The van der Waals surface area contributed by atoms with Crippen LogP contribution < -0.4 is 10.1 Å². The molecule has 142 valence electrons. The number of aliphatic hydroxyl groups is 1. The smallest absolute Gasteiger partial charge is 0.325 e. The fraction of sp³-hybridized carbons (Fsp3) is 0.263. The summed E-state index contributed by atoms with van der Waals surface area (Å²) in [7, 11) is 0. The molecule has 0 unspecified atom stereocenters. The maximum absolute atomic E-state index is 13.1. The Morgan fingerprint density at radius 2 is 1.96 bits per heavy atom. The van der Waals surface area contributed by atoms with E-state index in [0.29, 0.717) is 11.3 Å². The van der Waals surface area contributed by atoms with E-state index >= 15 is 0 Å². The molecule has 1 fully saturated rings. The van der Waals surface area contributed by atoms with Gasteiger partial charge in [0.2, 0.25) is 0 Å². The molecule has 1 aliphatic heterocycles. The second-order valence-electron chi connectivity index (χ2n) is 6.40. The van der Waals surface area contributed by atoms with Crippen molar-refractivity contribution in [2.75, 3.05) is 13.2 Å². The highest BCUT2D eigenvalue weighted by atomic mass is 79.9. The van der Waals surface area contributed by atoms with Crippen LogP contribution >= 0.6 is 15.9 Å². The Balaban J connectivity index is 1.65. The van der Waals surface area contributed by atoms with Crippen LogP contribution in [0.2, 0.25) is 0 Å². The topological polar surface area (TPSA) is 78.9 Å². The number of nitrogens with zero attached hydrogens (tertiary/aromatic N) is 1. The van der Waals surface area contributed by atoms with Gasteiger partial charge in [-0.15, -0.1) is 0 Å². The lowest BCUT2D eigenvalue weighted by Gasteiger charge is -2.23. The van der Waals surface area contributed by atoms with E-state index in [-0.39, 0.29) is 13.2 Å². The molecule has 1 aliphatic rings. The minimum atomic E-state index is -1.31. The molecule has 8 heteroatoms. The molecule has 3 amide bonds. The maximum Gasteiger partial charge on any atom is 0.325 e. The molecule has 2 atom stereocenters. The summed E-state index contributed by atoms with van der Waals surface area (Å²) in [6.45, 7) is 1.25. The Bertz CT molecular complexity index is 861. The van der Waals surface area contributed by atoms with Gasteiger partial charge in [-0.2, -0.15) is 0 Å². The highest BCUT2D eigenvalue weighted by Crippen LogP contribution is 2.29. The number of aliphatic hydroxyl groups excluding tert-OH is 1. The highest BCUT2D eigenvalue weighted by molar-refractivity contribution is 9.10. The van der Waals surface area contributed by atoms with Crippen LogP contribution in [0.4, 0.5) is 9.18 Å². The average Bonchev–Trinajstić information content (AvgIpc) is 2.85. The first-order valence-corrected chi connectivity index (χ1v) is 9.05. The third-order valence-electron chi connectivity index (χ3n) is 4.33. The van der Waals surface area contributed by atoms with Crippen molar-refractivity contribution in [2.24, 2.45) is 0 Å². The first kappa shape index (κ1) is 19.3. The second-order valence-corrected chi connectivity index (χ2v) is 7.32. The van der Waals surface area contributed by atoms with Gasteiger partial charge in [0.1, 0.15) is 29.8 Å². The number of imide groups is 1. The summed E-state index contributed by atoms with van der Waals surface area (Å²) in [6.07, 6.45) is -1.06. The largest absolute Gasteiger partial charge is 0.491 e. The first-order chi connectivity index (χ1) is 12.8. The van der Waals surface area contributed by atoms with Crippen LogP contribution in [0.1, 0.15) is 12.5 Å². The molecule has 2 aromatic rings. The number of hydrogen-bond donors (Lipinski definition) is 2. The predicted octanol–water partition coefficient (Wildman–Crippen LogP) is 2.80. The Labute approximate surface area is 164 Å². The van der Waals surface area contributed by atoms with Crippen molar-refractivity contribution in [3.8, 4) is 5.75 Å². The van der Waals surface area contributed by atoms with Crippen molar-refractivity contribution in [2.45, 2.75) is 18.6 Å². The Morgan fingerprint density at radius 3 is 2.63 bits per heavy atom. The summed E-state index contributed by atoms with van der Waals surface area (Å²) in [6, 6.07) is 11.8. The van der Waals surface area contributed by atoms with Gasteiger partial charge in [0.25, 0.3) is 5.91 Å². The van der Waals surface area contributed by atoms with Crippen LogP contribution in [0, 0.1) is 5.82 Å². The lowest BCUT2D eigenvalue weighted by Crippen LogP contribution is -2.42. The molecule has 2 aromatic carbocycles. The molecular weight excluding hydrogens is 419 g/mol. The van der Waals surface area contributed by atoms with Gasteiger partial charge in [0.05, 0.1) is 6.54 Å². The van der Waals surface area contributed by atoms with E-state index in [4.69, 9.17) is 4.74 Å². The van der Waals surface area contributed by atoms with Crippen molar-refractivity contribution in [3.63, 3.8) is 0 Å². The van der Waals surface area contributed by atoms with E-state index in [1.54, 1.807) is 25.1 Å². The molecule has 0 aromatic heterocycles. The highest BCUT2D eigenvalue weighted by Gasteiger charge is 2.49. The van der Waals surface area contributed by atoms with E-state index < -0.39 is 29.4 Å². The fourth-order valence-electron chi connectivity index (χ4n) is 2.85. The number of benzene rings is 2. The monoisotopic (exact) mass is 436 g/mol. The van der Waals surface area contributed by atoms with Crippen LogP contribution in [0.3, 0.4) is 0 Å². The zero-order chi connectivity index (χ0) is 19.6. The third kappa shape index (κ3) is 4.12. The summed E-state index contributed by atoms with van der Waals surface area (Å²) in [5.74, 6) is -0.395. The van der Waals surface area contributed by atoms with Gasteiger partial charge in [-0.25, -0.2) is 9.18 Å². The third-order valence-corrected chi connectivity index (χ3v) is 4.82. The molecule has 27 heavy (non-hydrogen) atoms. The van der Waals surface area contributed by atoms with Crippen molar-refractivity contribution < 1.29 is 23.8 Å². The first-order valence-electron chi connectivity index (χ1n) is 8.26. The number of halogens is 2. The molecule has 0 saturated carbocycles. The second kappa shape index (κ2) is 7.66. The van der Waals surface area contributed by atoms with E-state index in [2.05, 4.69) is 21.2 Å². The van der Waals surface area contributed by atoms with Gasteiger partial charge in [-0.1, -0.05) is 34.1 Å². The van der Waals surface area contributed by atoms with Crippen LogP contribution in [0.25, 0.3) is 0 Å². The zero-order valence-electron chi connectivity index (χ0n) is 14.5. The number of carbonyl (C=O) groups excluding carboxylic acids is 2. The van der Waals surface area contributed by atoms with Gasteiger partial charge >= 0.3 is 6.03 Å². The number of nitrogens with one attached hydrogen (secondary N) is 1. The lowest BCUT2D eigenvalue weighted by molar-refractivity contribution is -0.132. The molecule has 2 N–H and O–H groups in total. The Kier molecular flexibility index (Phi) is 5.48. The fourth-order valence-corrected chi connectivity index (χ4v) is 3.23. The number of hydrogen-bond acceptors (Lipinski definition) is 4. The summed E-state index contributed by atoms with van der Waals surface area (Å²) in [5, 5.41) is 12.8. The van der Waals surface area contributed by atoms with Gasteiger partial charge in [0, 0.05) is 4.47 Å². The minimum Gasteiger partial charge on any atom is -0.491 e. The predicted molar refractivity (Wildman–Crippen MR) is 99.6 cm³/mol. The van der Waals surface area contributed by atoms with E-state index in [1.165, 1.54) is 24.3 Å². The summed E-state index contributed by atoms with van der Waals surface area (Å²) < 4.78 is 19.5. The maximum atomic E-state index is 13.1. The molecule has 0 radical (unpaired) electrons. The summed E-state index contributed by atoms with van der Waals surface area (Å²) >= 11 is 3.32. The number of carbonyl (C=O) groups is 2. The minimum absolute atomic E-state index is 0.0826. The zero-order valence-corrected chi connectivity index (χ0v) is 16.1. The number of amides is 3. The summed E-state index contributed by atoms with van der Waals surface area (Å²) in [5.41, 5.74) is -0.847. The summed E-state index contributed by atoms with van der Waals surface area (Å²) in [4.78, 5) is 26.0. The molecule has 0 aliphatic carbocycles. The Morgan fingerprint density at radius 1 is 1.26 bits per heavy atom. The van der Waals surface area contributed by atoms with Gasteiger partial charge < -0.3 is 15.2 Å². The normalized spacial score (nSPS) is 20.5. The van der Waals surface area contributed by atoms with Crippen LogP contribution in [-0.2, 0) is 10.3 Å². The van der Waals surface area contributed by atoms with Gasteiger partial charge in [-0.05, 0) is 42.8 Å². The van der Waals surface area contributed by atoms with Crippen molar-refractivity contribution >= 4 is 27.9 Å². The molecule has 3 rings (SSSR count). The van der Waals surface area contributed by atoms with E-state index in [1.807, 2.05) is 6.07 Å². The quantitative estimate of drug-likeness (QED) is 0.682. The number of rotatable bonds is 6. The van der Waals surface area contributed by atoms with Crippen molar-refractivity contribution in [1.82, 2.24) is 10.2 Å². The van der Waals surface area contributed by atoms with Crippen LogP contribution in [-0.4, -0.2) is 41.2 Å². The standard InChI is InChI=1S/C19H18BrFN2O4/c1-19(12-5-7-14(21)8-6-12)17(25)23(18(26)22-19)10-15(24)11-27-16-4-2-3-13(20)9-16/h2-9,15,24H,10-11H2,1H3,(H,22,26)/t15-,19-/m0/s1. The van der Waals surface area contributed by atoms with Crippen LogP contribution in [0.15, 0.2) is 53.0 Å². The van der Waals surface area contributed by atoms with E-state index in [9.17, 15) is 19.1 Å². The average molecular weight is 437 g/mol. The SMILES string of the molecule is C[C@@]1(c2ccc(F)cc2)NC(=O)N(C[C@H](O)COc2cccc(Br)c2)C1=O. The van der Waals surface area contributed by atoms with Crippen LogP contribution in [0.5, 0.6) is 5.75 Å². The molecular formula is C19H18BrFN2O4. The number of ether oxygens (including phenoxy) is 1. The van der Waals surface area contributed by atoms with E-state index in [0.717, 1.165) is 9.37 Å². The molecule has 6 nitrogen and oxygen atoms in total. The Hall–Kier alpha value is -2.45. The molecule has 0 bridgehead atoms. The van der Waals surface area contributed by atoms with Crippen molar-refractivity contribution in [1.29, 1.82) is 0 Å². The number of urea groups is 1. The molecule has 1 saturated heterocycles. The van der Waals surface area contributed by atoms with Gasteiger partial charge in [0.15, 0.2) is 0 Å². The molecule has 0 spiro atoms.